The molecule has 3 unspecified atom stereocenters. The monoisotopic (exact) mass is 532 g/mol. The van der Waals surface area contributed by atoms with Crippen LogP contribution in [0.15, 0.2) is 6.33 Å². The van der Waals surface area contributed by atoms with Crippen LogP contribution in [0.3, 0.4) is 0 Å². The summed E-state index contributed by atoms with van der Waals surface area (Å²) in [4.78, 5) is 42.1. The number of likely N-dealkylation sites (tertiary alicyclic amines) is 2. The Morgan fingerprint density at radius 1 is 1.18 bits per heavy atom. The average molecular weight is 533 g/mol. The Balaban J connectivity index is 1.24. The van der Waals surface area contributed by atoms with Gasteiger partial charge in [-0.3, -0.25) is 9.36 Å². The van der Waals surface area contributed by atoms with Crippen LogP contribution >= 0.6 is 0 Å². The number of nitrogen functional groups attached to an aromatic ring is 1. The third-order valence-electron chi connectivity index (χ3n) is 7.58. The van der Waals surface area contributed by atoms with E-state index in [-0.39, 0.29) is 23.9 Å². The van der Waals surface area contributed by atoms with Crippen molar-refractivity contribution < 1.29 is 29.3 Å². The minimum Gasteiger partial charge on any atom is -0.445 e. The van der Waals surface area contributed by atoms with Crippen LogP contribution in [0.4, 0.5) is 10.6 Å². The molecule has 0 bridgehead atoms. The van der Waals surface area contributed by atoms with Gasteiger partial charge in [0.1, 0.15) is 29.7 Å². The van der Waals surface area contributed by atoms with Crippen molar-refractivity contribution in [3.63, 3.8) is 0 Å². The molecule has 2 amide bonds. The zero-order valence-electron chi connectivity index (χ0n) is 21.7. The highest BCUT2D eigenvalue weighted by Crippen LogP contribution is 2.33. The molecular formula is C24H36N8O6. The second kappa shape index (κ2) is 11.0. The van der Waals surface area contributed by atoms with E-state index in [0.717, 1.165) is 32.4 Å². The highest BCUT2D eigenvalue weighted by Gasteiger charge is 2.47. The lowest BCUT2D eigenvalue weighted by molar-refractivity contribution is -0.137. The molecule has 5 heterocycles. The molecular weight excluding hydrogens is 496 g/mol. The normalized spacial score (nSPS) is 28.7. The van der Waals surface area contributed by atoms with Crippen LogP contribution in [0.5, 0.6) is 0 Å². The van der Waals surface area contributed by atoms with Crippen LogP contribution in [0.2, 0.25) is 0 Å². The van der Waals surface area contributed by atoms with Gasteiger partial charge in [-0.25, -0.2) is 19.7 Å². The van der Waals surface area contributed by atoms with Gasteiger partial charge >= 0.3 is 6.09 Å². The number of carbonyl (C=O) groups is 2. The van der Waals surface area contributed by atoms with Gasteiger partial charge in [0.05, 0.1) is 6.33 Å². The summed E-state index contributed by atoms with van der Waals surface area (Å²) in [5, 5.41) is 23.6. The predicted molar refractivity (Wildman–Crippen MR) is 135 cm³/mol. The largest absolute Gasteiger partial charge is 0.445 e. The standard InChI is InChI=1S/C24H36N8O6/c1-3-26-22(35)19-17(33)18(34)23(38-19)32-12-27-16-20(25)28-15(29-21(16)32)10-13-4-8-31(9-5-13)24(36)37-14-6-7-30(2)11-14/h12-14,17-19,23,33-34H,3-11H2,1-2H3,(H,26,35)(H2,25,28,29)/t14?,17?,18?,19-,23+/m0/s1. The first-order chi connectivity index (χ1) is 18.2. The van der Waals surface area contributed by atoms with Gasteiger partial charge in [0.15, 0.2) is 23.8 Å². The summed E-state index contributed by atoms with van der Waals surface area (Å²) < 4.78 is 12.9. The molecule has 3 fully saturated rings. The number of ether oxygens (including phenoxy) is 2. The van der Waals surface area contributed by atoms with Gasteiger partial charge in [-0.05, 0) is 39.2 Å². The number of fused-ring (bicyclic) bond motifs is 1. The molecule has 3 aliphatic heterocycles. The Bertz CT molecular complexity index is 1170. The molecule has 0 spiro atoms. The number of imidazole rings is 1. The van der Waals surface area contributed by atoms with Crippen molar-refractivity contribution in [1.29, 1.82) is 0 Å². The zero-order valence-corrected chi connectivity index (χ0v) is 21.7. The number of nitrogens with two attached hydrogens (primary N) is 1. The number of aromatic nitrogens is 4. The van der Waals surface area contributed by atoms with Crippen molar-refractivity contribution in [3.05, 3.63) is 12.2 Å². The van der Waals surface area contributed by atoms with Crippen LogP contribution in [0.1, 0.15) is 38.2 Å². The van der Waals surface area contributed by atoms with E-state index < -0.39 is 30.4 Å². The van der Waals surface area contributed by atoms with E-state index in [1.807, 2.05) is 7.05 Å². The lowest BCUT2D eigenvalue weighted by Gasteiger charge is -2.31. The summed E-state index contributed by atoms with van der Waals surface area (Å²) >= 11 is 0. The minimum atomic E-state index is -1.41. The molecule has 3 saturated heterocycles. The highest BCUT2D eigenvalue weighted by atomic mass is 16.6. The quantitative estimate of drug-likeness (QED) is 0.368. The highest BCUT2D eigenvalue weighted by molar-refractivity contribution is 5.83. The second-order valence-corrected chi connectivity index (χ2v) is 10.4. The van der Waals surface area contributed by atoms with Crippen molar-refractivity contribution >= 4 is 29.0 Å². The molecule has 2 aromatic heterocycles. The Labute approximate surface area is 220 Å². The van der Waals surface area contributed by atoms with E-state index in [9.17, 15) is 19.8 Å². The fourth-order valence-electron chi connectivity index (χ4n) is 5.43. The fraction of sp³-hybridized carbons (Fsp3) is 0.708. The maximum absolute atomic E-state index is 12.6. The number of hydrogen-bond donors (Lipinski definition) is 4. The van der Waals surface area contributed by atoms with Crippen LogP contribution in [-0.2, 0) is 20.7 Å². The van der Waals surface area contributed by atoms with Crippen LogP contribution in [0.25, 0.3) is 11.2 Å². The van der Waals surface area contributed by atoms with Crippen LogP contribution < -0.4 is 11.1 Å². The van der Waals surface area contributed by atoms with Crippen molar-refractivity contribution in [1.82, 2.24) is 34.6 Å². The molecule has 5 N–H and O–H groups in total. The maximum Gasteiger partial charge on any atom is 0.410 e. The van der Waals surface area contributed by atoms with Gasteiger partial charge in [0.25, 0.3) is 5.91 Å². The molecule has 0 radical (unpaired) electrons. The van der Waals surface area contributed by atoms with Gasteiger partial charge in [-0.1, -0.05) is 0 Å². The third kappa shape index (κ3) is 5.25. The Hall–Kier alpha value is -3.07. The van der Waals surface area contributed by atoms with Crippen molar-refractivity contribution in [2.75, 3.05) is 45.5 Å². The Morgan fingerprint density at radius 2 is 1.95 bits per heavy atom. The molecule has 0 saturated carbocycles. The number of amides is 2. The summed E-state index contributed by atoms with van der Waals surface area (Å²) in [6.07, 6.45) is -0.970. The van der Waals surface area contributed by atoms with E-state index in [1.165, 1.54) is 10.9 Å². The number of hydrogen-bond acceptors (Lipinski definition) is 11. The minimum absolute atomic E-state index is 0.0436. The van der Waals surface area contributed by atoms with Gasteiger partial charge < -0.3 is 40.5 Å². The Kier molecular flexibility index (Phi) is 7.66. The van der Waals surface area contributed by atoms with E-state index in [4.69, 9.17) is 15.2 Å². The van der Waals surface area contributed by atoms with Gasteiger partial charge in [-0.2, -0.15) is 0 Å². The summed E-state index contributed by atoms with van der Waals surface area (Å²) in [6, 6.07) is 0. The number of likely N-dealkylation sites (N-methyl/N-ethyl adjacent to an activating group) is 2. The van der Waals surface area contributed by atoms with Crippen molar-refractivity contribution in [2.45, 2.75) is 63.3 Å². The van der Waals surface area contributed by atoms with E-state index in [2.05, 4.69) is 25.2 Å². The number of rotatable bonds is 6. The van der Waals surface area contributed by atoms with E-state index in [0.29, 0.717) is 43.0 Å². The first-order valence-electron chi connectivity index (χ1n) is 13.2. The molecule has 38 heavy (non-hydrogen) atoms. The number of aliphatic hydroxyl groups excluding tert-OH is 2. The summed E-state index contributed by atoms with van der Waals surface area (Å²) in [5.74, 6) is 0.452. The number of nitrogens with zero attached hydrogens (tertiary/aromatic N) is 6. The number of aliphatic hydroxyl groups is 2. The molecule has 3 aliphatic rings. The van der Waals surface area contributed by atoms with Gasteiger partial charge in [0, 0.05) is 39.1 Å². The molecule has 2 aromatic rings. The van der Waals surface area contributed by atoms with E-state index >= 15 is 0 Å². The van der Waals surface area contributed by atoms with E-state index in [1.54, 1.807) is 11.8 Å². The molecule has 0 aromatic carbocycles. The second-order valence-electron chi connectivity index (χ2n) is 10.4. The fourth-order valence-corrected chi connectivity index (χ4v) is 5.43. The first-order valence-corrected chi connectivity index (χ1v) is 13.2. The lowest BCUT2D eigenvalue weighted by atomic mass is 9.93. The maximum atomic E-state index is 12.6. The number of carbonyl (C=O) groups excluding carboxylic acids is 2. The average Bonchev–Trinajstić information content (AvgIpc) is 3.57. The van der Waals surface area contributed by atoms with Crippen LogP contribution in [-0.4, -0.2) is 116 Å². The number of nitrogens with one attached hydrogen (secondary N) is 1. The van der Waals surface area contributed by atoms with Gasteiger partial charge in [-0.15, -0.1) is 0 Å². The SMILES string of the molecule is CCNC(=O)[C@H]1O[C@@H](n2cnc3c(N)nc(CC4CCN(C(=O)OC5CCN(C)C5)CC4)nc32)C(O)C1O. The molecule has 5 atom stereocenters. The predicted octanol–water partition coefficient (Wildman–Crippen LogP) is -0.741. The summed E-state index contributed by atoms with van der Waals surface area (Å²) in [7, 11) is 2.02. The van der Waals surface area contributed by atoms with Gasteiger partial charge in [0.2, 0.25) is 0 Å². The lowest BCUT2D eigenvalue weighted by Crippen LogP contribution is -2.42. The van der Waals surface area contributed by atoms with Crippen molar-refractivity contribution in [2.24, 2.45) is 5.92 Å². The summed E-state index contributed by atoms with van der Waals surface area (Å²) in [5.41, 5.74) is 6.88. The molecule has 0 aliphatic carbocycles. The van der Waals surface area contributed by atoms with Crippen molar-refractivity contribution in [3.8, 4) is 0 Å². The summed E-state index contributed by atoms with van der Waals surface area (Å²) in [6.45, 7) is 5.03. The third-order valence-corrected chi connectivity index (χ3v) is 7.58. The smallest absolute Gasteiger partial charge is 0.410 e. The number of piperidine rings is 1. The molecule has 14 heteroatoms. The van der Waals surface area contributed by atoms with Crippen LogP contribution in [0, 0.1) is 5.92 Å². The zero-order chi connectivity index (χ0) is 27.0. The molecule has 14 nitrogen and oxygen atoms in total. The Morgan fingerprint density at radius 3 is 2.63 bits per heavy atom. The molecule has 5 rings (SSSR count). The topological polar surface area (TPSA) is 181 Å². The first kappa shape index (κ1) is 26.5. The number of anilines is 1. The molecule has 208 valence electrons.